The van der Waals surface area contributed by atoms with Crippen LogP contribution in [0.1, 0.15) is 15.9 Å². The standard InChI is InChI=1S/C14H17N3O3/c1-20-14(19)12-4-2-3-5-13(12)15-8-11-9-16-17(10-11)6-7-18/h2-5,9-10,15,18H,6-8H2,1H3. The Balaban J connectivity index is 2.04. The minimum atomic E-state index is -0.371. The predicted molar refractivity (Wildman–Crippen MR) is 74.4 cm³/mol. The summed E-state index contributed by atoms with van der Waals surface area (Å²) >= 11 is 0. The highest BCUT2D eigenvalue weighted by molar-refractivity contribution is 5.95. The van der Waals surface area contributed by atoms with Gasteiger partial charge in [-0.2, -0.15) is 5.10 Å². The lowest BCUT2D eigenvalue weighted by atomic mass is 10.1. The average molecular weight is 275 g/mol. The Morgan fingerprint density at radius 2 is 2.25 bits per heavy atom. The van der Waals surface area contributed by atoms with Crippen molar-refractivity contribution < 1.29 is 14.6 Å². The lowest BCUT2D eigenvalue weighted by molar-refractivity contribution is 0.0602. The number of para-hydroxylation sites is 1. The number of rotatable bonds is 6. The molecule has 0 aliphatic rings. The maximum Gasteiger partial charge on any atom is 0.339 e. The molecular formula is C14H17N3O3. The molecular weight excluding hydrogens is 258 g/mol. The molecule has 0 aliphatic carbocycles. The molecule has 1 aromatic carbocycles. The van der Waals surface area contributed by atoms with Crippen molar-refractivity contribution >= 4 is 11.7 Å². The minimum Gasteiger partial charge on any atom is -0.465 e. The van der Waals surface area contributed by atoms with Gasteiger partial charge in [-0.25, -0.2) is 4.79 Å². The number of methoxy groups -OCH3 is 1. The van der Waals surface area contributed by atoms with Crippen molar-refractivity contribution in [1.29, 1.82) is 0 Å². The molecule has 0 unspecified atom stereocenters. The van der Waals surface area contributed by atoms with Crippen LogP contribution in [0.5, 0.6) is 0 Å². The van der Waals surface area contributed by atoms with E-state index in [9.17, 15) is 4.79 Å². The number of carbonyl (C=O) groups is 1. The summed E-state index contributed by atoms with van der Waals surface area (Å²) in [4.78, 5) is 11.6. The highest BCUT2D eigenvalue weighted by Gasteiger charge is 2.10. The molecule has 0 aliphatic heterocycles. The van der Waals surface area contributed by atoms with Gasteiger partial charge in [0.2, 0.25) is 0 Å². The quantitative estimate of drug-likeness (QED) is 0.776. The molecule has 6 nitrogen and oxygen atoms in total. The number of aromatic nitrogens is 2. The van der Waals surface area contributed by atoms with Gasteiger partial charge in [0.1, 0.15) is 0 Å². The summed E-state index contributed by atoms with van der Waals surface area (Å²) in [5.74, 6) is -0.371. The highest BCUT2D eigenvalue weighted by atomic mass is 16.5. The summed E-state index contributed by atoms with van der Waals surface area (Å²) in [7, 11) is 1.36. The first-order valence-corrected chi connectivity index (χ1v) is 6.28. The van der Waals surface area contributed by atoms with E-state index < -0.39 is 0 Å². The number of aliphatic hydroxyl groups is 1. The second-order valence-electron chi connectivity index (χ2n) is 4.23. The fraction of sp³-hybridized carbons (Fsp3) is 0.286. The number of aliphatic hydroxyl groups excluding tert-OH is 1. The largest absolute Gasteiger partial charge is 0.465 e. The van der Waals surface area contributed by atoms with E-state index in [4.69, 9.17) is 9.84 Å². The maximum absolute atomic E-state index is 11.6. The first-order chi connectivity index (χ1) is 9.74. The van der Waals surface area contributed by atoms with Crippen molar-refractivity contribution in [2.45, 2.75) is 13.1 Å². The van der Waals surface area contributed by atoms with E-state index in [0.717, 1.165) is 5.56 Å². The highest BCUT2D eigenvalue weighted by Crippen LogP contribution is 2.17. The van der Waals surface area contributed by atoms with E-state index in [2.05, 4.69) is 10.4 Å². The van der Waals surface area contributed by atoms with Gasteiger partial charge in [-0.3, -0.25) is 4.68 Å². The summed E-state index contributed by atoms with van der Waals surface area (Å²) in [5.41, 5.74) is 2.19. The van der Waals surface area contributed by atoms with Crippen LogP contribution in [-0.4, -0.2) is 34.6 Å². The Hall–Kier alpha value is -2.34. The number of carbonyl (C=O) groups excluding carboxylic acids is 1. The molecule has 2 aromatic rings. The second-order valence-corrected chi connectivity index (χ2v) is 4.23. The third-order valence-electron chi connectivity index (χ3n) is 2.83. The van der Waals surface area contributed by atoms with Gasteiger partial charge in [-0.15, -0.1) is 0 Å². The number of esters is 1. The molecule has 106 valence electrons. The number of hydrogen-bond donors (Lipinski definition) is 2. The minimum absolute atomic E-state index is 0.0553. The van der Waals surface area contributed by atoms with Crippen LogP contribution >= 0.6 is 0 Å². The van der Waals surface area contributed by atoms with Gasteiger partial charge in [0.15, 0.2) is 0 Å². The van der Waals surface area contributed by atoms with Crippen molar-refractivity contribution in [2.75, 3.05) is 19.0 Å². The van der Waals surface area contributed by atoms with Crippen LogP contribution in [0.25, 0.3) is 0 Å². The van der Waals surface area contributed by atoms with Crippen LogP contribution in [0.2, 0.25) is 0 Å². The van der Waals surface area contributed by atoms with Crippen LogP contribution in [0.15, 0.2) is 36.7 Å². The SMILES string of the molecule is COC(=O)c1ccccc1NCc1cnn(CCO)c1. The molecule has 0 bridgehead atoms. The number of nitrogens with one attached hydrogen (secondary N) is 1. The van der Waals surface area contributed by atoms with Crippen LogP contribution < -0.4 is 5.32 Å². The molecule has 0 spiro atoms. The summed E-state index contributed by atoms with van der Waals surface area (Å²) < 4.78 is 6.41. The summed E-state index contributed by atoms with van der Waals surface area (Å²) in [5, 5.41) is 16.1. The number of hydrogen-bond acceptors (Lipinski definition) is 5. The van der Waals surface area contributed by atoms with Gasteiger partial charge >= 0.3 is 5.97 Å². The molecule has 0 saturated carbocycles. The average Bonchev–Trinajstić information content (AvgIpc) is 2.93. The summed E-state index contributed by atoms with van der Waals surface area (Å²) in [6, 6.07) is 7.18. The summed E-state index contributed by atoms with van der Waals surface area (Å²) in [6.45, 7) is 1.07. The van der Waals surface area contributed by atoms with Crippen molar-refractivity contribution in [3.8, 4) is 0 Å². The molecule has 1 heterocycles. The van der Waals surface area contributed by atoms with Gasteiger partial charge in [-0.1, -0.05) is 12.1 Å². The fourth-order valence-corrected chi connectivity index (χ4v) is 1.84. The Bertz CT molecular complexity index is 581. The summed E-state index contributed by atoms with van der Waals surface area (Å²) in [6.07, 6.45) is 3.58. The zero-order chi connectivity index (χ0) is 14.4. The molecule has 2 N–H and O–H groups in total. The smallest absolute Gasteiger partial charge is 0.339 e. The Morgan fingerprint density at radius 3 is 3.00 bits per heavy atom. The lowest BCUT2D eigenvalue weighted by Gasteiger charge is -2.09. The molecule has 1 aromatic heterocycles. The fourth-order valence-electron chi connectivity index (χ4n) is 1.84. The predicted octanol–water partition coefficient (Wildman–Crippen LogP) is 1.27. The number of benzene rings is 1. The zero-order valence-electron chi connectivity index (χ0n) is 11.2. The van der Waals surface area contributed by atoms with Gasteiger partial charge in [0.05, 0.1) is 32.0 Å². The lowest BCUT2D eigenvalue weighted by Crippen LogP contribution is -2.08. The number of ether oxygens (including phenoxy) is 1. The molecule has 20 heavy (non-hydrogen) atoms. The van der Waals surface area contributed by atoms with Crippen LogP contribution in [0, 0.1) is 0 Å². The third kappa shape index (κ3) is 3.36. The monoisotopic (exact) mass is 275 g/mol. The zero-order valence-corrected chi connectivity index (χ0v) is 11.2. The van der Waals surface area contributed by atoms with E-state index in [0.29, 0.717) is 24.3 Å². The number of nitrogens with zero attached hydrogens (tertiary/aromatic N) is 2. The van der Waals surface area contributed by atoms with Crippen molar-refractivity contribution in [3.05, 3.63) is 47.8 Å². The first kappa shape index (κ1) is 14.1. The second kappa shape index (κ2) is 6.72. The molecule has 0 saturated heterocycles. The van der Waals surface area contributed by atoms with E-state index in [-0.39, 0.29) is 12.6 Å². The number of anilines is 1. The molecule has 6 heteroatoms. The van der Waals surface area contributed by atoms with E-state index in [1.54, 1.807) is 23.0 Å². The van der Waals surface area contributed by atoms with E-state index in [1.165, 1.54) is 7.11 Å². The van der Waals surface area contributed by atoms with Crippen LogP contribution in [-0.2, 0) is 17.8 Å². The molecule has 0 atom stereocenters. The van der Waals surface area contributed by atoms with Crippen LogP contribution in [0.3, 0.4) is 0 Å². The van der Waals surface area contributed by atoms with Crippen molar-refractivity contribution in [2.24, 2.45) is 0 Å². The molecule has 0 radical (unpaired) electrons. The Morgan fingerprint density at radius 1 is 1.45 bits per heavy atom. The molecule has 0 fully saturated rings. The van der Waals surface area contributed by atoms with E-state index in [1.807, 2.05) is 18.3 Å². The third-order valence-corrected chi connectivity index (χ3v) is 2.83. The van der Waals surface area contributed by atoms with Gasteiger partial charge in [0.25, 0.3) is 0 Å². The first-order valence-electron chi connectivity index (χ1n) is 6.28. The van der Waals surface area contributed by atoms with Gasteiger partial charge in [-0.05, 0) is 12.1 Å². The van der Waals surface area contributed by atoms with Crippen LogP contribution in [0.4, 0.5) is 5.69 Å². The van der Waals surface area contributed by atoms with Crippen molar-refractivity contribution in [1.82, 2.24) is 9.78 Å². The maximum atomic E-state index is 11.6. The normalized spacial score (nSPS) is 10.3. The van der Waals surface area contributed by atoms with E-state index >= 15 is 0 Å². The topological polar surface area (TPSA) is 76.4 Å². The molecule has 2 rings (SSSR count). The molecule has 0 amide bonds. The Labute approximate surface area is 117 Å². The Kier molecular flexibility index (Phi) is 4.73. The van der Waals surface area contributed by atoms with Gasteiger partial charge < -0.3 is 15.2 Å². The van der Waals surface area contributed by atoms with Crippen molar-refractivity contribution in [3.63, 3.8) is 0 Å². The van der Waals surface area contributed by atoms with Gasteiger partial charge in [0, 0.05) is 24.0 Å².